The van der Waals surface area contributed by atoms with Gasteiger partial charge in [0.15, 0.2) is 0 Å². The maximum Gasteiger partial charge on any atom is 0.387 e. The molecule has 0 saturated heterocycles. The van der Waals surface area contributed by atoms with Crippen molar-refractivity contribution in [2.45, 2.75) is 25.5 Å². The van der Waals surface area contributed by atoms with E-state index in [9.17, 15) is 18.0 Å². The summed E-state index contributed by atoms with van der Waals surface area (Å²) < 4.78 is 52.7. The molecule has 1 aliphatic rings. The summed E-state index contributed by atoms with van der Waals surface area (Å²) in [5, 5.41) is 2.60. The van der Waals surface area contributed by atoms with Crippen LogP contribution in [0.5, 0.6) is 11.5 Å². The predicted octanol–water partition coefficient (Wildman–Crippen LogP) is 3.57. The molecule has 1 amide bonds. The van der Waals surface area contributed by atoms with Gasteiger partial charge in [0.05, 0.1) is 11.9 Å². The van der Waals surface area contributed by atoms with Gasteiger partial charge < -0.3 is 19.7 Å². The molecule has 2 heterocycles. The number of pyridine rings is 1. The zero-order valence-corrected chi connectivity index (χ0v) is 17.6. The molecule has 1 fully saturated rings. The lowest BCUT2D eigenvalue weighted by Gasteiger charge is -2.14. The molecule has 4 rings (SSSR count). The molecule has 32 heavy (non-hydrogen) atoms. The van der Waals surface area contributed by atoms with E-state index in [0.29, 0.717) is 23.7 Å². The molecule has 0 bridgehead atoms. The number of ether oxygens (including phenoxy) is 2. The van der Waals surface area contributed by atoms with E-state index in [-0.39, 0.29) is 11.6 Å². The number of alkyl halides is 2. The molecule has 0 atom stereocenters. The van der Waals surface area contributed by atoms with Crippen molar-refractivity contribution in [1.29, 1.82) is 0 Å². The number of halogens is 3. The van der Waals surface area contributed by atoms with Crippen molar-refractivity contribution in [2.24, 2.45) is 0 Å². The van der Waals surface area contributed by atoms with Crippen molar-refractivity contribution in [2.75, 3.05) is 27.2 Å². The molecule has 0 aliphatic heterocycles. The number of rotatable bonds is 9. The molecule has 7 nitrogen and oxygen atoms in total. The second-order valence-electron chi connectivity index (χ2n) is 7.84. The Morgan fingerprint density at radius 3 is 2.78 bits per heavy atom. The number of aromatic nitrogens is 2. The molecule has 0 radical (unpaired) electrons. The standard InChI is InChI=1S/C22H23F3N4O3/c1-28(2)7-8-31-15-5-6-29-17(12-26-19(29)11-15)13-9-16(23)20(18(10-13)32-22(24)25)21(30)27-14-3-4-14/h5-6,9-12,14,22H,3-4,7-8H2,1-2H3,(H,27,30). The van der Waals surface area contributed by atoms with Crippen LogP contribution in [0.15, 0.2) is 36.7 Å². The maximum absolute atomic E-state index is 14.9. The SMILES string of the molecule is CN(C)CCOc1ccn2c(-c3cc(F)c(C(=O)NC4CC4)c(OC(F)F)c3)cnc2c1. The first-order valence-corrected chi connectivity index (χ1v) is 10.2. The number of fused-ring (bicyclic) bond motifs is 1. The first-order valence-electron chi connectivity index (χ1n) is 10.2. The Labute approximate surface area is 182 Å². The molecule has 0 unspecified atom stereocenters. The molecular formula is C22H23F3N4O3. The van der Waals surface area contributed by atoms with E-state index in [2.05, 4.69) is 15.0 Å². The smallest absolute Gasteiger partial charge is 0.387 e. The summed E-state index contributed by atoms with van der Waals surface area (Å²) in [6, 6.07) is 5.74. The minimum atomic E-state index is -3.21. The van der Waals surface area contributed by atoms with Gasteiger partial charge in [0.2, 0.25) is 0 Å². The Kier molecular flexibility index (Phi) is 6.22. The highest BCUT2D eigenvalue weighted by molar-refractivity contribution is 5.98. The Morgan fingerprint density at radius 2 is 2.09 bits per heavy atom. The number of imidazole rings is 1. The molecule has 1 saturated carbocycles. The predicted molar refractivity (Wildman–Crippen MR) is 112 cm³/mol. The van der Waals surface area contributed by atoms with Crippen LogP contribution in [0.2, 0.25) is 0 Å². The normalized spacial score (nSPS) is 13.7. The first-order chi connectivity index (χ1) is 15.3. The van der Waals surface area contributed by atoms with Crippen LogP contribution >= 0.6 is 0 Å². The van der Waals surface area contributed by atoms with Gasteiger partial charge in [0, 0.05) is 30.4 Å². The monoisotopic (exact) mass is 448 g/mol. The van der Waals surface area contributed by atoms with Gasteiger partial charge in [0.1, 0.15) is 35.1 Å². The third-order valence-corrected chi connectivity index (χ3v) is 5.00. The lowest BCUT2D eigenvalue weighted by Crippen LogP contribution is -2.27. The van der Waals surface area contributed by atoms with Crippen LogP contribution in [0.25, 0.3) is 16.9 Å². The highest BCUT2D eigenvalue weighted by Crippen LogP contribution is 2.33. The molecule has 170 valence electrons. The lowest BCUT2D eigenvalue weighted by atomic mass is 10.1. The van der Waals surface area contributed by atoms with E-state index >= 15 is 0 Å². The molecule has 2 aromatic heterocycles. The number of amides is 1. The van der Waals surface area contributed by atoms with Crippen LogP contribution in [0.1, 0.15) is 23.2 Å². The van der Waals surface area contributed by atoms with Crippen molar-refractivity contribution < 1.29 is 27.4 Å². The average Bonchev–Trinajstić information content (AvgIpc) is 3.42. The quantitative estimate of drug-likeness (QED) is 0.542. The fourth-order valence-corrected chi connectivity index (χ4v) is 3.24. The molecule has 0 spiro atoms. The van der Waals surface area contributed by atoms with Gasteiger partial charge in [-0.2, -0.15) is 8.78 Å². The van der Waals surface area contributed by atoms with Crippen LogP contribution in [0, 0.1) is 5.82 Å². The second kappa shape index (κ2) is 9.07. The third-order valence-electron chi connectivity index (χ3n) is 5.00. The summed E-state index contributed by atoms with van der Waals surface area (Å²) in [7, 11) is 3.89. The number of nitrogens with one attached hydrogen (secondary N) is 1. The van der Waals surface area contributed by atoms with Crippen molar-refractivity contribution in [3.8, 4) is 22.8 Å². The summed E-state index contributed by atoms with van der Waals surface area (Å²) in [5.74, 6) is -1.62. The van der Waals surface area contributed by atoms with Gasteiger partial charge in [-0.05, 0) is 45.1 Å². The summed E-state index contributed by atoms with van der Waals surface area (Å²) in [6.45, 7) is -1.96. The minimum absolute atomic E-state index is 0.0612. The maximum atomic E-state index is 14.9. The number of hydrogen-bond acceptors (Lipinski definition) is 5. The molecule has 3 aromatic rings. The molecule has 1 aliphatic carbocycles. The number of carbonyl (C=O) groups is 1. The van der Waals surface area contributed by atoms with E-state index < -0.39 is 29.6 Å². The molecule has 1 N–H and O–H groups in total. The lowest BCUT2D eigenvalue weighted by molar-refractivity contribution is -0.0503. The van der Waals surface area contributed by atoms with E-state index in [1.807, 2.05) is 19.0 Å². The minimum Gasteiger partial charge on any atom is -0.492 e. The number of nitrogens with zero attached hydrogens (tertiary/aromatic N) is 3. The van der Waals surface area contributed by atoms with Gasteiger partial charge in [-0.1, -0.05) is 0 Å². The summed E-state index contributed by atoms with van der Waals surface area (Å²) >= 11 is 0. The van der Waals surface area contributed by atoms with Gasteiger partial charge >= 0.3 is 6.61 Å². The number of carbonyl (C=O) groups excluding carboxylic acids is 1. The highest BCUT2D eigenvalue weighted by atomic mass is 19.3. The fraction of sp³-hybridized carbons (Fsp3) is 0.364. The van der Waals surface area contributed by atoms with Gasteiger partial charge in [-0.25, -0.2) is 9.37 Å². The Morgan fingerprint density at radius 1 is 1.31 bits per heavy atom. The Bertz CT molecular complexity index is 1130. The van der Waals surface area contributed by atoms with E-state index in [1.54, 1.807) is 22.7 Å². The summed E-state index contributed by atoms with van der Waals surface area (Å²) in [6.07, 6.45) is 4.74. The zero-order valence-electron chi connectivity index (χ0n) is 17.6. The topological polar surface area (TPSA) is 68.1 Å². The van der Waals surface area contributed by atoms with Gasteiger partial charge in [-0.3, -0.25) is 9.20 Å². The second-order valence-corrected chi connectivity index (χ2v) is 7.84. The van der Waals surface area contributed by atoms with Crippen molar-refractivity contribution in [1.82, 2.24) is 19.6 Å². The van der Waals surface area contributed by atoms with Crippen LogP contribution in [0.3, 0.4) is 0 Å². The number of hydrogen-bond donors (Lipinski definition) is 1. The Hall–Kier alpha value is -3.27. The van der Waals surface area contributed by atoms with Gasteiger partial charge in [0.25, 0.3) is 5.91 Å². The largest absolute Gasteiger partial charge is 0.492 e. The average molecular weight is 448 g/mol. The molecule has 10 heteroatoms. The summed E-state index contributed by atoms with van der Waals surface area (Å²) in [4.78, 5) is 18.7. The highest BCUT2D eigenvalue weighted by Gasteiger charge is 2.28. The van der Waals surface area contributed by atoms with E-state index in [0.717, 1.165) is 25.5 Å². The number of likely N-dealkylation sites (N-methyl/N-ethyl adjacent to an activating group) is 1. The first kappa shape index (κ1) is 21.9. The van der Waals surface area contributed by atoms with Crippen molar-refractivity contribution >= 4 is 11.6 Å². The number of benzene rings is 1. The fourth-order valence-electron chi connectivity index (χ4n) is 3.24. The van der Waals surface area contributed by atoms with Crippen molar-refractivity contribution in [3.05, 3.63) is 48.0 Å². The van der Waals surface area contributed by atoms with Crippen molar-refractivity contribution in [3.63, 3.8) is 0 Å². The molecular weight excluding hydrogens is 425 g/mol. The molecule has 1 aromatic carbocycles. The van der Waals surface area contributed by atoms with E-state index in [1.165, 1.54) is 12.3 Å². The van der Waals surface area contributed by atoms with Crippen LogP contribution in [0.4, 0.5) is 13.2 Å². The van der Waals surface area contributed by atoms with Crippen LogP contribution < -0.4 is 14.8 Å². The Balaban J connectivity index is 1.66. The van der Waals surface area contributed by atoms with E-state index in [4.69, 9.17) is 4.74 Å². The van der Waals surface area contributed by atoms with Gasteiger partial charge in [-0.15, -0.1) is 0 Å². The summed E-state index contributed by atoms with van der Waals surface area (Å²) in [5.41, 5.74) is 0.697. The zero-order chi connectivity index (χ0) is 22.8. The van der Waals surface area contributed by atoms with Crippen LogP contribution in [-0.2, 0) is 0 Å². The third kappa shape index (κ3) is 4.96. The van der Waals surface area contributed by atoms with Crippen LogP contribution in [-0.4, -0.2) is 60.1 Å².